The number of amides is 2. The first-order valence-electron chi connectivity index (χ1n) is 8.44. The van der Waals surface area contributed by atoms with Gasteiger partial charge in [-0.1, -0.05) is 35.9 Å². The number of carbonyl (C=O) groups excluding carboxylic acids is 3. The van der Waals surface area contributed by atoms with E-state index in [0.717, 1.165) is 4.90 Å². The second kappa shape index (κ2) is 8.14. The van der Waals surface area contributed by atoms with Crippen LogP contribution in [0.1, 0.15) is 17.3 Å². The van der Waals surface area contributed by atoms with Crippen molar-refractivity contribution >= 4 is 40.8 Å². The molecular weight excluding hydrogens is 384 g/mol. The topological polar surface area (TPSA) is 84.9 Å². The van der Waals surface area contributed by atoms with Crippen LogP contribution in [0.25, 0.3) is 0 Å². The van der Waals surface area contributed by atoms with Crippen LogP contribution in [0, 0.1) is 0 Å². The molecule has 0 bridgehead atoms. The van der Waals surface area contributed by atoms with Gasteiger partial charge in [-0.25, -0.2) is 9.69 Å². The van der Waals surface area contributed by atoms with Crippen molar-refractivity contribution in [3.63, 3.8) is 0 Å². The molecule has 0 aromatic heterocycles. The van der Waals surface area contributed by atoms with Crippen molar-refractivity contribution in [2.75, 3.05) is 23.9 Å². The monoisotopic (exact) mass is 400 g/mol. The fraction of sp³-hybridized carbons (Fsp3) is 0.150. The summed E-state index contributed by atoms with van der Waals surface area (Å²) in [6.07, 6.45) is 0. The molecule has 0 saturated carbocycles. The smallest absolute Gasteiger partial charge is 0.339 e. The zero-order valence-electron chi connectivity index (χ0n) is 15.2. The van der Waals surface area contributed by atoms with Crippen LogP contribution in [0.2, 0.25) is 0 Å². The highest BCUT2D eigenvalue weighted by molar-refractivity contribution is 6.53. The molecule has 8 heteroatoms. The van der Waals surface area contributed by atoms with E-state index in [1.807, 2.05) is 6.92 Å². The third-order valence-electron chi connectivity index (χ3n) is 4.02. The molecule has 1 N–H and O–H groups in total. The molecule has 2 aromatic rings. The van der Waals surface area contributed by atoms with Gasteiger partial charge in [0.25, 0.3) is 11.8 Å². The fourth-order valence-corrected chi connectivity index (χ4v) is 2.98. The zero-order valence-corrected chi connectivity index (χ0v) is 15.9. The average Bonchev–Trinajstić information content (AvgIpc) is 2.92. The summed E-state index contributed by atoms with van der Waals surface area (Å²) in [6, 6.07) is 13.1. The van der Waals surface area contributed by atoms with Crippen LogP contribution in [0.15, 0.2) is 59.3 Å². The summed E-state index contributed by atoms with van der Waals surface area (Å²) < 4.78 is 10.3. The highest BCUT2D eigenvalue weighted by Gasteiger charge is 2.40. The van der Waals surface area contributed by atoms with E-state index in [2.05, 4.69) is 5.32 Å². The largest absolute Gasteiger partial charge is 0.492 e. The van der Waals surface area contributed by atoms with Crippen LogP contribution < -0.4 is 15.0 Å². The summed E-state index contributed by atoms with van der Waals surface area (Å²) >= 11 is 6.16. The first-order valence-corrected chi connectivity index (χ1v) is 8.82. The number of esters is 1. The maximum absolute atomic E-state index is 13.0. The molecule has 2 aromatic carbocycles. The molecule has 0 radical (unpaired) electrons. The summed E-state index contributed by atoms with van der Waals surface area (Å²) in [4.78, 5) is 38.5. The van der Waals surface area contributed by atoms with Gasteiger partial charge in [-0.05, 0) is 31.2 Å². The summed E-state index contributed by atoms with van der Waals surface area (Å²) in [6.45, 7) is 2.26. The summed E-state index contributed by atoms with van der Waals surface area (Å²) in [5.74, 6) is -1.58. The Hall–Kier alpha value is -3.32. The molecule has 144 valence electrons. The molecule has 1 heterocycles. The molecule has 28 heavy (non-hydrogen) atoms. The number of imide groups is 1. The minimum absolute atomic E-state index is 0.0760. The third-order valence-corrected chi connectivity index (χ3v) is 4.37. The van der Waals surface area contributed by atoms with Gasteiger partial charge in [0.1, 0.15) is 16.5 Å². The van der Waals surface area contributed by atoms with E-state index in [0.29, 0.717) is 18.0 Å². The maximum Gasteiger partial charge on any atom is 0.339 e. The second-order valence-corrected chi connectivity index (χ2v) is 6.08. The number of hydrogen-bond acceptors (Lipinski definition) is 6. The Kier molecular flexibility index (Phi) is 5.65. The Balaban J connectivity index is 1.97. The molecule has 0 fully saturated rings. The van der Waals surface area contributed by atoms with Gasteiger partial charge in [-0.3, -0.25) is 9.59 Å². The second-order valence-electron chi connectivity index (χ2n) is 5.70. The number of ether oxygens (including phenoxy) is 2. The predicted octanol–water partition coefficient (Wildman–Crippen LogP) is 3.31. The SMILES string of the molecule is CCOc1ccccc1NC1=C(Cl)C(=O)N(c2ccccc2C(=O)OC)C1=O. The average molecular weight is 401 g/mol. The van der Waals surface area contributed by atoms with E-state index in [4.69, 9.17) is 21.1 Å². The van der Waals surface area contributed by atoms with Crippen molar-refractivity contribution in [3.05, 3.63) is 64.8 Å². The van der Waals surface area contributed by atoms with E-state index < -0.39 is 17.8 Å². The van der Waals surface area contributed by atoms with Crippen molar-refractivity contribution in [2.24, 2.45) is 0 Å². The number of rotatable bonds is 6. The van der Waals surface area contributed by atoms with Crippen molar-refractivity contribution in [1.29, 1.82) is 0 Å². The van der Waals surface area contributed by atoms with Gasteiger partial charge in [-0.2, -0.15) is 0 Å². The minimum atomic E-state index is -0.737. The van der Waals surface area contributed by atoms with Gasteiger partial charge in [0.15, 0.2) is 0 Å². The zero-order chi connectivity index (χ0) is 20.3. The molecule has 1 aliphatic rings. The first kappa shape index (κ1) is 19.4. The summed E-state index contributed by atoms with van der Waals surface area (Å²) in [5, 5.41) is 2.60. The van der Waals surface area contributed by atoms with Crippen LogP contribution in [-0.2, 0) is 14.3 Å². The normalized spacial score (nSPS) is 13.8. The molecule has 0 unspecified atom stereocenters. The van der Waals surface area contributed by atoms with Gasteiger partial charge in [-0.15, -0.1) is 0 Å². The number of halogens is 1. The van der Waals surface area contributed by atoms with Crippen LogP contribution >= 0.6 is 11.6 Å². The van der Waals surface area contributed by atoms with Gasteiger partial charge in [0.2, 0.25) is 0 Å². The molecule has 7 nitrogen and oxygen atoms in total. The van der Waals surface area contributed by atoms with E-state index in [1.165, 1.54) is 19.2 Å². The Morgan fingerprint density at radius 2 is 1.75 bits per heavy atom. The number of anilines is 2. The van der Waals surface area contributed by atoms with Gasteiger partial charge in [0.05, 0.1) is 30.7 Å². The van der Waals surface area contributed by atoms with Gasteiger partial charge >= 0.3 is 5.97 Å². The Labute approximate surface area is 166 Å². The van der Waals surface area contributed by atoms with Crippen LogP contribution in [-0.4, -0.2) is 31.5 Å². The predicted molar refractivity (Wildman–Crippen MR) is 104 cm³/mol. The number of hydrogen-bond donors (Lipinski definition) is 1. The van der Waals surface area contributed by atoms with Crippen molar-refractivity contribution < 1.29 is 23.9 Å². The standard InChI is InChI=1S/C20H17ClN2O5/c1-3-28-15-11-7-5-9-13(15)22-17-16(21)18(24)23(19(17)25)14-10-6-4-8-12(14)20(26)27-2/h4-11,22H,3H2,1-2H3. The summed E-state index contributed by atoms with van der Waals surface area (Å²) in [7, 11) is 1.22. The van der Waals surface area contributed by atoms with Crippen LogP contribution in [0.3, 0.4) is 0 Å². The molecule has 0 aliphatic carbocycles. The lowest BCUT2D eigenvalue weighted by Gasteiger charge is -2.18. The number of carbonyl (C=O) groups is 3. The number of methoxy groups -OCH3 is 1. The van der Waals surface area contributed by atoms with Crippen LogP contribution in [0.5, 0.6) is 5.75 Å². The number of benzene rings is 2. The number of para-hydroxylation sites is 3. The lowest BCUT2D eigenvalue weighted by atomic mass is 10.1. The van der Waals surface area contributed by atoms with Crippen molar-refractivity contribution in [1.82, 2.24) is 0 Å². The van der Waals surface area contributed by atoms with E-state index in [-0.39, 0.29) is 22.0 Å². The van der Waals surface area contributed by atoms with E-state index in [1.54, 1.807) is 36.4 Å². The van der Waals surface area contributed by atoms with Crippen LogP contribution in [0.4, 0.5) is 11.4 Å². The molecular formula is C20H17ClN2O5. The Bertz CT molecular complexity index is 986. The molecule has 1 aliphatic heterocycles. The van der Waals surface area contributed by atoms with E-state index in [9.17, 15) is 14.4 Å². The third kappa shape index (κ3) is 3.44. The van der Waals surface area contributed by atoms with E-state index >= 15 is 0 Å². The van der Waals surface area contributed by atoms with Crippen molar-refractivity contribution in [2.45, 2.75) is 6.92 Å². The number of nitrogens with one attached hydrogen (secondary N) is 1. The highest BCUT2D eigenvalue weighted by atomic mass is 35.5. The molecule has 0 spiro atoms. The molecule has 2 amide bonds. The van der Waals surface area contributed by atoms with Gasteiger partial charge < -0.3 is 14.8 Å². The first-order chi connectivity index (χ1) is 13.5. The Morgan fingerprint density at radius 3 is 2.46 bits per heavy atom. The Morgan fingerprint density at radius 1 is 1.07 bits per heavy atom. The maximum atomic E-state index is 13.0. The lowest BCUT2D eigenvalue weighted by molar-refractivity contribution is -0.120. The van der Waals surface area contributed by atoms with Crippen molar-refractivity contribution in [3.8, 4) is 5.75 Å². The molecule has 3 rings (SSSR count). The summed E-state index contributed by atoms with van der Waals surface area (Å²) in [5.41, 5.74) is 0.560. The molecule has 0 saturated heterocycles. The lowest BCUT2D eigenvalue weighted by Crippen LogP contribution is -2.33. The minimum Gasteiger partial charge on any atom is -0.492 e. The number of nitrogens with zero attached hydrogens (tertiary/aromatic N) is 1. The molecule has 0 atom stereocenters. The van der Waals surface area contributed by atoms with Gasteiger partial charge in [0, 0.05) is 0 Å². The fourth-order valence-electron chi connectivity index (χ4n) is 2.77. The highest BCUT2D eigenvalue weighted by Crippen LogP contribution is 2.34. The quantitative estimate of drug-likeness (QED) is 0.591.